The number of carbonyl (C=O) groups is 2. The Labute approximate surface area is 121 Å². The molecule has 4 heteroatoms. The van der Waals surface area contributed by atoms with E-state index in [0.717, 1.165) is 12.1 Å². The summed E-state index contributed by atoms with van der Waals surface area (Å²) in [6.45, 7) is 8.31. The number of amides is 2. The van der Waals surface area contributed by atoms with Gasteiger partial charge in [-0.05, 0) is 30.0 Å². The highest BCUT2D eigenvalue weighted by Gasteiger charge is 2.15. The van der Waals surface area contributed by atoms with Crippen molar-refractivity contribution in [2.24, 2.45) is 5.92 Å². The molecule has 0 aliphatic heterocycles. The Morgan fingerprint density at radius 3 is 2.25 bits per heavy atom. The largest absolute Gasteiger partial charge is 0.354 e. The van der Waals surface area contributed by atoms with Crippen molar-refractivity contribution in [1.82, 2.24) is 5.32 Å². The highest BCUT2D eigenvalue weighted by Crippen LogP contribution is 2.15. The molecule has 0 saturated heterocycles. The minimum atomic E-state index is -0.131. The Balaban J connectivity index is 2.73. The van der Waals surface area contributed by atoms with Crippen LogP contribution in [-0.2, 0) is 16.0 Å². The van der Waals surface area contributed by atoms with Gasteiger partial charge in [0.1, 0.15) is 6.54 Å². The van der Waals surface area contributed by atoms with Crippen molar-refractivity contribution in [1.29, 1.82) is 0 Å². The first-order valence-corrected chi connectivity index (χ1v) is 7.07. The van der Waals surface area contributed by atoms with Gasteiger partial charge in [0, 0.05) is 19.2 Å². The average molecular weight is 276 g/mol. The molecule has 0 atom stereocenters. The van der Waals surface area contributed by atoms with Crippen molar-refractivity contribution in [3.63, 3.8) is 0 Å². The van der Waals surface area contributed by atoms with Crippen LogP contribution < -0.4 is 10.2 Å². The van der Waals surface area contributed by atoms with Gasteiger partial charge in [0.15, 0.2) is 0 Å². The fourth-order valence-electron chi connectivity index (χ4n) is 1.81. The first-order chi connectivity index (χ1) is 9.43. The summed E-state index contributed by atoms with van der Waals surface area (Å²) in [7, 11) is 0. The fraction of sp³-hybridized carbons (Fsp3) is 0.500. The van der Waals surface area contributed by atoms with E-state index < -0.39 is 0 Å². The van der Waals surface area contributed by atoms with E-state index >= 15 is 0 Å². The van der Waals surface area contributed by atoms with Gasteiger partial charge in [-0.15, -0.1) is 0 Å². The van der Waals surface area contributed by atoms with Gasteiger partial charge in [0.05, 0.1) is 0 Å². The minimum Gasteiger partial charge on any atom is -0.354 e. The number of aryl methyl sites for hydroxylation is 1. The smallest absolute Gasteiger partial charge is 0.240 e. The van der Waals surface area contributed by atoms with Gasteiger partial charge in [0.25, 0.3) is 0 Å². The van der Waals surface area contributed by atoms with E-state index in [1.165, 1.54) is 17.4 Å². The fourth-order valence-corrected chi connectivity index (χ4v) is 1.81. The number of rotatable bonds is 6. The van der Waals surface area contributed by atoms with Gasteiger partial charge in [0.2, 0.25) is 11.8 Å². The molecule has 0 fully saturated rings. The second kappa shape index (κ2) is 7.68. The molecule has 2 amide bonds. The molecule has 0 unspecified atom stereocenters. The quantitative estimate of drug-likeness (QED) is 0.867. The third-order valence-electron chi connectivity index (χ3n) is 3.05. The van der Waals surface area contributed by atoms with Gasteiger partial charge in [-0.2, -0.15) is 0 Å². The third kappa shape index (κ3) is 5.03. The zero-order valence-electron chi connectivity index (χ0n) is 12.8. The van der Waals surface area contributed by atoms with Crippen molar-refractivity contribution >= 4 is 17.5 Å². The van der Waals surface area contributed by atoms with Crippen LogP contribution in [0.5, 0.6) is 0 Å². The SMILES string of the molecule is CCc1ccc(N(CC(=O)NCC(C)C)C(C)=O)cc1. The molecule has 20 heavy (non-hydrogen) atoms. The second-order valence-electron chi connectivity index (χ2n) is 5.32. The normalized spacial score (nSPS) is 10.4. The summed E-state index contributed by atoms with van der Waals surface area (Å²) in [5.41, 5.74) is 1.97. The number of carbonyl (C=O) groups excluding carboxylic acids is 2. The van der Waals surface area contributed by atoms with Gasteiger partial charge >= 0.3 is 0 Å². The molecule has 0 heterocycles. The monoisotopic (exact) mass is 276 g/mol. The topological polar surface area (TPSA) is 49.4 Å². The summed E-state index contributed by atoms with van der Waals surface area (Å²) in [6.07, 6.45) is 0.954. The third-order valence-corrected chi connectivity index (χ3v) is 3.05. The van der Waals surface area contributed by atoms with Crippen molar-refractivity contribution in [3.05, 3.63) is 29.8 Å². The van der Waals surface area contributed by atoms with Crippen LogP contribution in [0.1, 0.15) is 33.3 Å². The molecule has 0 saturated carbocycles. The lowest BCUT2D eigenvalue weighted by Gasteiger charge is -2.21. The first-order valence-electron chi connectivity index (χ1n) is 7.07. The standard InChI is InChI=1S/C16H24N2O2/c1-5-14-6-8-15(9-7-14)18(13(4)19)11-16(20)17-10-12(2)3/h6-9,12H,5,10-11H2,1-4H3,(H,17,20). The zero-order chi connectivity index (χ0) is 15.1. The van der Waals surface area contributed by atoms with Crippen LogP contribution in [0, 0.1) is 5.92 Å². The molecule has 110 valence electrons. The molecular weight excluding hydrogens is 252 g/mol. The van der Waals surface area contributed by atoms with E-state index in [1.54, 1.807) is 0 Å². The summed E-state index contributed by atoms with van der Waals surface area (Å²) < 4.78 is 0. The maximum atomic E-state index is 11.9. The number of anilines is 1. The summed E-state index contributed by atoms with van der Waals surface area (Å²) in [4.78, 5) is 25.1. The Kier molecular flexibility index (Phi) is 6.22. The molecule has 4 nitrogen and oxygen atoms in total. The van der Waals surface area contributed by atoms with Crippen LogP contribution in [0.2, 0.25) is 0 Å². The minimum absolute atomic E-state index is 0.0630. The number of nitrogens with zero attached hydrogens (tertiary/aromatic N) is 1. The number of hydrogen-bond donors (Lipinski definition) is 1. The molecule has 1 N–H and O–H groups in total. The molecular formula is C16H24N2O2. The Morgan fingerprint density at radius 2 is 1.80 bits per heavy atom. The maximum absolute atomic E-state index is 11.9. The van der Waals surface area contributed by atoms with Crippen LogP contribution in [-0.4, -0.2) is 24.9 Å². The molecule has 0 aliphatic carbocycles. The highest BCUT2D eigenvalue weighted by atomic mass is 16.2. The second-order valence-corrected chi connectivity index (χ2v) is 5.32. The summed E-state index contributed by atoms with van der Waals surface area (Å²) >= 11 is 0. The predicted octanol–water partition coefficient (Wildman–Crippen LogP) is 2.37. The average Bonchev–Trinajstić information content (AvgIpc) is 2.42. The lowest BCUT2D eigenvalue weighted by Crippen LogP contribution is -2.40. The Morgan fingerprint density at radius 1 is 1.20 bits per heavy atom. The molecule has 1 aromatic carbocycles. The predicted molar refractivity (Wildman–Crippen MR) is 81.7 cm³/mol. The molecule has 0 radical (unpaired) electrons. The Hall–Kier alpha value is -1.84. The number of benzene rings is 1. The van der Waals surface area contributed by atoms with Crippen LogP contribution in [0.15, 0.2) is 24.3 Å². The highest BCUT2D eigenvalue weighted by molar-refractivity contribution is 5.97. The number of nitrogens with one attached hydrogen (secondary N) is 1. The maximum Gasteiger partial charge on any atom is 0.240 e. The lowest BCUT2D eigenvalue weighted by molar-refractivity contribution is -0.123. The van der Waals surface area contributed by atoms with E-state index in [4.69, 9.17) is 0 Å². The van der Waals surface area contributed by atoms with Crippen molar-refractivity contribution in [2.45, 2.75) is 34.1 Å². The van der Waals surface area contributed by atoms with E-state index in [2.05, 4.69) is 12.2 Å². The van der Waals surface area contributed by atoms with E-state index in [-0.39, 0.29) is 18.4 Å². The molecule has 1 aromatic rings. The van der Waals surface area contributed by atoms with Crippen LogP contribution in [0.25, 0.3) is 0 Å². The van der Waals surface area contributed by atoms with Gasteiger partial charge in [-0.25, -0.2) is 0 Å². The molecule has 1 rings (SSSR count). The Bertz CT molecular complexity index is 452. The van der Waals surface area contributed by atoms with Crippen LogP contribution >= 0.6 is 0 Å². The molecule has 0 aliphatic rings. The zero-order valence-corrected chi connectivity index (χ0v) is 12.8. The molecule has 0 bridgehead atoms. The van der Waals surface area contributed by atoms with Crippen LogP contribution in [0.3, 0.4) is 0 Å². The van der Waals surface area contributed by atoms with Crippen molar-refractivity contribution in [3.8, 4) is 0 Å². The summed E-state index contributed by atoms with van der Waals surface area (Å²) in [5, 5.41) is 2.83. The lowest BCUT2D eigenvalue weighted by atomic mass is 10.1. The van der Waals surface area contributed by atoms with E-state index in [0.29, 0.717) is 12.5 Å². The molecule has 0 spiro atoms. The number of hydrogen-bond acceptors (Lipinski definition) is 2. The summed E-state index contributed by atoms with van der Waals surface area (Å²) in [6, 6.07) is 7.74. The van der Waals surface area contributed by atoms with Crippen molar-refractivity contribution < 1.29 is 9.59 Å². The first kappa shape index (κ1) is 16.2. The molecule has 0 aromatic heterocycles. The van der Waals surface area contributed by atoms with E-state index in [1.807, 2.05) is 38.1 Å². The van der Waals surface area contributed by atoms with Gasteiger partial charge in [-0.1, -0.05) is 32.9 Å². The van der Waals surface area contributed by atoms with Gasteiger partial charge < -0.3 is 10.2 Å². The van der Waals surface area contributed by atoms with E-state index in [9.17, 15) is 9.59 Å². The van der Waals surface area contributed by atoms with Crippen molar-refractivity contribution in [2.75, 3.05) is 18.0 Å². The summed E-state index contributed by atoms with van der Waals surface area (Å²) in [5.74, 6) is 0.135. The van der Waals surface area contributed by atoms with Gasteiger partial charge in [-0.3, -0.25) is 9.59 Å². The van der Waals surface area contributed by atoms with Crippen LogP contribution in [0.4, 0.5) is 5.69 Å².